The highest BCUT2D eigenvalue weighted by Gasteiger charge is 2.89. The molecule has 3 aromatic rings. The van der Waals surface area contributed by atoms with Crippen LogP contribution in [0.4, 0.5) is 22.0 Å². The average molecular weight is 588 g/mol. The van der Waals surface area contributed by atoms with Gasteiger partial charge in [-0.25, -0.2) is 18.1 Å². The molecule has 0 N–H and O–H groups in total. The first-order valence-electron chi connectivity index (χ1n) is 14.3. The molecule has 4 unspecified atom stereocenters. The van der Waals surface area contributed by atoms with Gasteiger partial charge in [0.1, 0.15) is 23.5 Å². The number of carbonyl (C=O) groups excluding carboxylic acids is 1. The Labute approximate surface area is 241 Å². The van der Waals surface area contributed by atoms with Crippen molar-refractivity contribution in [3.63, 3.8) is 0 Å². The van der Waals surface area contributed by atoms with Crippen LogP contribution in [0.1, 0.15) is 86.3 Å². The number of carbonyl (C=O) groups is 1. The number of ether oxygens (including phenoxy) is 1. The zero-order valence-corrected chi connectivity index (χ0v) is 24.1. The maximum atomic E-state index is 16.1. The molecular weight excluding hydrogens is 553 g/mol. The van der Waals surface area contributed by atoms with Crippen LogP contribution in [0, 0.1) is 17.6 Å². The Balaban J connectivity index is 1.62. The van der Waals surface area contributed by atoms with Gasteiger partial charge in [0.15, 0.2) is 17.6 Å². The second kappa shape index (κ2) is 9.47. The lowest BCUT2D eigenvalue weighted by Crippen LogP contribution is -2.55. The Bertz CT molecular complexity index is 1640. The van der Waals surface area contributed by atoms with Crippen molar-refractivity contribution in [2.45, 2.75) is 82.7 Å². The molecule has 4 atom stereocenters. The predicted octanol–water partition coefficient (Wildman–Crippen LogP) is 6.62. The second-order valence-electron chi connectivity index (χ2n) is 12.3. The van der Waals surface area contributed by atoms with Crippen LogP contribution < -0.4 is 9.13 Å². The molecule has 10 heteroatoms. The number of rotatable bonds is 8. The number of imidazole rings is 1. The molecule has 222 valence electrons. The number of unbranched alkanes of at least 4 members (excludes halogenated alkanes) is 3. The predicted molar refractivity (Wildman–Crippen MR) is 143 cm³/mol. The number of hydrogen-bond donors (Lipinski definition) is 0. The summed E-state index contributed by atoms with van der Waals surface area (Å²) in [4.78, 5) is 12.9. The van der Waals surface area contributed by atoms with Gasteiger partial charge in [0, 0.05) is 18.6 Å². The minimum absolute atomic E-state index is 0.140. The number of esters is 1. The van der Waals surface area contributed by atoms with E-state index in [2.05, 4.69) is 13.5 Å². The maximum absolute atomic E-state index is 16.1. The van der Waals surface area contributed by atoms with Gasteiger partial charge in [0.25, 0.3) is 11.9 Å². The van der Waals surface area contributed by atoms with E-state index < -0.39 is 52.4 Å². The molecule has 1 aromatic carbocycles. The molecule has 0 saturated heterocycles. The third kappa shape index (κ3) is 3.82. The SMILES string of the molecule is C=C(C)CC12C(C3OC(=O)c4c[n+](C)cn43)C1(C)c1cc(F)c(C(F)(F)F)c(F)c1-c1cc(CCCCCC)cc[n+]12. The average Bonchev–Trinajstić information content (AvgIpc) is 3.09. The number of nitrogens with zero attached hydrogens (tertiary/aromatic N) is 3. The van der Waals surface area contributed by atoms with Gasteiger partial charge in [0.05, 0.1) is 18.0 Å². The summed E-state index contributed by atoms with van der Waals surface area (Å²) in [6.07, 6.45) is 4.13. The van der Waals surface area contributed by atoms with Gasteiger partial charge in [-0.3, -0.25) is 0 Å². The highest BCUT2D eigenvalue weighted by Crippen LogP contribution is 2.74. The fraction of sp³-hybridized carbons (Fsp3) is 0.469. The van der Waals surface area contributed by atoms with Crippen LogP contribution in [-0.2, 0) is 35.3 Å². The summed E-state index contributed by atoms with van der Waals surface area (Å²) in [6.45, 7) is 9.89. The molecule has 1 fully saturated rings. The zero-order valence-electron chi connectivity index (χ0n) is 24.1. The van der Waals surface area contributed by atoms with Crippen molar-refractivity contribution in [3.05, 3.63) is 83.1 Å². The van der Waals surface area contributed by atoms with Gasteiger partial charge < -0.3 is 4.74 Å². The molecule has 4 heterocycles. The van der Waals surface area contributed by atoms with Crippen molar-refractivity contribution in [2.75, 3.05) is 0 Å². The lowest BCUT2D eigenvalue weighted by Gasteiger charge is -2.29. The van der Waals surface area contributed by atoms with Gasteiger partial charge in [-0.2, -0.15) is 22.3 Å². The first-order valence-corrected chi connectivity index (χ1v) is 14.3. The Kier molecular flexibility index (Phi) is 6.44. The van der Waals surface area contributed by atoms with Gasteiger partial charge in [-0.05, 0) is 43.9 Å². The fourth-order valence-corrected chi connectivity index (χ4v) is 7.77. The van der Waals surface area contributed by atoms with Crippen LogP contribution in [0.2, 0.25) is 0 Å². The number of aryl methyl sites for hydroxylation is 2. The van der Waals surface area contributed by atoms with Crippen LogP contribution in [0.5, 0.6) is 0 Å². The van der Waals surface area contributed by atoms with Crippen molar-refractivity contribution in [1.29, 1.82) is 0 Å². The van der Waals surface area contributed by atoms with E-state index in [1.807, 2.05) is 17.6 Å². The molecule has 0 spiro atoms. The summed E-state index contributed by atoms with van der Waals surface area (Å²) in [5.74, 6) is -4.37. The number of alkyl halides is 3. The van der Waals surface area contributed by atoms with Crippen LogP contribution >= 0.6 is 0 Å². The molecule has 1 aliphatic carbocycles. The van der Waals surface area contributed by atoms with E-state index in [9.17, 15) is 18.0 Å². The molecule has 42 heavy (non-hydrogen) atoms. The summed E-state index contributed by atoms with van der Waals surface area (Å²) in [6, 6.07) is 4.51. The topological polar surface area (TPSA) is 39.0 Å². The van der Waals surface area contributed by atoms with Crippen molar-refractivity contribution < 1.29 is 40.6 Å². The highest BCUT2D eigenvalue weighted by atomic mass is 19.4. The third-order valence-corrected chi connectivity index (χ3v) is 9.52. The van der Waals surface area contributed by atoms with Crippen molar-refractivity contribution in [1.82, 2.24) is 4.57 Å². The standard InChI is InChI=1S/C32H34F5N3O2/c1-6-7-8-9-10-19-11-12-40-22(13-19)24-20(14-21(33)25(26(24)34)32(35,36)37)30(4)27(31(30,40)15-18(2)3)28-39-17-38(5)16-23(39)29(41)42-28/h11-14,16-17,27-28H,2,6-10,15H2,1,3-5H3/q+2. The summed E-state index contributed by atoms with van der Waals surface area (Å²) < 4.78 is 84.6. The van der Waals surface area contributed by atoms with Crippen LogP contribution in [0.3, 0.4) is 0 Å². The Morgan fingerprint density at radius 3 is 2.60 bits per heavy atom. The second-order valence-corrected chi connectivity index (χ2v) is 12.3. The van der Waals surface area contributed by atoms with E-state index in [4.69, 9.17) is 4.74 Å². The number of allylic oxidation sites excluding steroid dienone is 1. The molecule has 0 amide bonds. The smallest absolute Gasteiger partial charge is 0.415 e. The number of aromatic nitrogens is 3. The lowest BCUT2D eigenvalue weighted by atomic mass is 9.80. The van der Waals surface area contributed by atoms with Crippen molar-refractivity contribution in [3.8, 4) is 11.3 Å². The molecule has 0 bridgehead atoms. The summed E-state index contributed by atoms with van der Waals surface area (Å²) >= 11 is 0. The lowest BCUT2D eigenvalue weighted by molar-refractivity contribution is -0.738. The van der Waals surface area contributed by atoms with Gasteiger partial charge in [0.2, 0.25) is 12.0 Å². The summed E-state index contributed by atoms with van der Waals surface area (Å²) in [5.41, 5.74) is -1.80. The monoisotopic (exact) mass is 587 g/mol. The number of hydrogen-bond acceptors (Lipinski definition) is 2. The van der Waals surface area contributed by atoms with E-state index in [1.165, 1.54) is 0 Å². The van der Waals surface area contributed by atoms with Crippen molar-refractivity contribution >= 4 is 5.97 Å². The Morgan fingerprint density at radius 2 is 1.93 bits per heavy atom. The van der Waals surface area contributed by atoms with Crippen LogP contribution in [0.25, 0.3) is 11.3 Å². The van der Waals surface area contributed by atoms with E-state index in [-0.39, 0.29) is 16.8 Å². The molecule has 2 aromatic heterocycles. The van der Waals surface area contributed by atoms with Crippen molar-refractivity contribution in [2.24, 2.45) is 13.0 Å². The zero-order chi connectivity index (χ0) is 30.4. The first kappa shape index (κ1) is 28.6. The van der Waals surface area contributed by atoms with Gasteiger partial charge in [-0.1, -0.05) is 38.3 Å². The molecule has 3 aliphatic rings. The minimum atomic E-state index is -5.22. The quantitative estimate of drug-likeness (QED) is 0.0978. The van der Waals surface area contributed by atoms with Gasteiger partial charge in [-0.15, -0.1) is 0 Å². The number of benzene rings is 1. The number of pyridine rings is 1. The molecular formula is C32H34F5N3O2+2. The molecule has 1 saturated carbocycles. The summed E-state index contributed by atoms with van der Waals surface area (Å²) in [7, 11) is 1.77. The fourth-order valence-electron chi connectivity index (χ4n) is 7.77. The van der Waals surface area contributed by atoms with Crippen LogP contribution in [0.15, 0.2) is 49.1 Å². The number of fused-ring (bicyclic) bond motifs is 7. The molecule has 5 nitrogen and oxygen atoms in total. The molecule has 0 radical (unpaired) electrons. The van der Waals surface area contributed by atoms with Crippen LogP contribution in [-0.4, -0.2) is 10.5 Å². The number of halogens is 5. The van der Waals surface area contributed by atoms with E-state index in [0.29, 0.717) is 18.5 Å². The third-order valence-electron chi connectivity index (χ3n) is 9.52. The maximum Gasteiger partial charge on any atom is 0.422 e. The molecule has 6 rings (SSSR count). The Hall–Kier alpha value is -3.56. The minimum Gasteiger partial charge on any atom is -0.415 e. The summed E-state index contributed by atoms with van der Waals surface area (Å²) in [5, 5.41) is 0. The molecule has 2 aliphatic heterocycles. The Morgan fingerprint density at radius 1 is 1.19 bits per heavy atom. The van der Waals surface area contributed by atoms with E-state index in [1.54, 1.807) is 47.9 Å². The first-order chi connectivity index (χ1) is 19.8. The van der Waals surface area contributed by atoms with E-state index in [0.717, 1.165) is 42.9 Å². The van der Waals surface area contributed by atoms with E-state index >= 15 is 8.78 Å². The highest BCUT2D eigenvalue weighted by molar-refractivity contribution is 5.89. The largest absolute Gasteiger partial charge is 0.422 e. The normalized spacial score (nSPS) is 25.4. The number of cyclic esters (lactones) is 1. The van der Waals surface area contributed by atoms with Gasteiger partial charge >= 0.3 is 12.1 Å².